The Labute approximate surface area is 136 Å². The van der Waals surface area contributed by atoms with Crippen LogP contribution in [0.4, 0.5) is 18.9 Å². The lowest BCUT2D eigenvalue weighted by atomic mass is 10.0. The van der Waals surface area contributed by atoms with Gasteiger partial charge in [-0.25, -0.2) is 4.68 Å². The summed E-state index contributed by atoms with van der Waals surface area (Å²) in [6.07, 6.45) is -0.871. The highest BCUT2D eigenvalue weighted by atomic mass is 19.4. The Hall–Kier alpha value is -2.35. The first-order valence-electron chi connectivity index (χ1n) is 7.64. The van der Waals surface area contributed by atoms with Crippen molar-refractivity contribution in [2.24, 2.45) is 11.7 Å². The molecule has 1 aromatic carbocycles. The van der Waals surface area contributed by atoms with E-state index >= 15 is 0 Å². The first-order chi connectivity index (χ1) is 11.4. The molecule has 1 aliphatic carbocycles. The summed E-state index contributed by atoms with van der Waals surface area (Å²) in [5.41, 5.74) is 5.83. The number of nitrogens with one attached hydrogen (secondary N) is 1. The van der Waals surface area contributed by atoms with Gasteiger partial charge in [0.25, 0.3) is 0 Å². The van der Waals surface area contributed by atoms with E-state index in [1.807, 2.05) is 0 Å². The number of nitrogens with zero attached hydrogens (tertiary/aromatic N) is 2. The highest BCUT2D eigenvalue weighted by Crippen LogP contribution is 2.31. The molecule has 1 saturated carbocycles. The van der Waals surface area contributed by atoms with Gasteiger partial charge in [0.05, 0.1) is 17.8 Å². The third kappa shape index (κ3) is 3.28. The topological polar surface area (TPSA) is 72.9 Å². The minimum atomic E-state index is -4.48. The van der Waals surface area contributed by atoms with Gasteiger partial charge < -0.3 is 11.1 Å². The molecule has 0 aliphatic heterocycles. The Morgan fingerprint density at radius 2 is 1.92 bits per heavy atom. The minimum absolute atomic E-state index is 0.136. The van der Waals surface area contributed by atoms with Gasteiger partial charge in [0.2, 0.25) is 5.91 Å². The number of halogens is 3. The first kappa shape index (κ1) is 16.5. The number of anilines is 1. The molecule has 1 aliphatic rings. The normalized spacial score (nSPS) is 21.0. The van der Waals surface area contributed by atoms with Crippen LogP contribution >= 0.6 is 0 Å². The molecule has 0 spiro atoms. The van der Waals surface area contributed by atoms with Gasteiger partial charge in [0.15, 0.2) is 0 Å². The molecular formula is C16H17F3N4O. The van der Waals surface area contributed by atoms with E-state index in [0.717, 1.165) is 36.2 Å². The fraction of sp³-hybridized carbons (Fsp3) is 0.375. The SMILES string of the molecule is NC1CCCC1C(=O)Nc1ccc(-n2nccc2C(F)(F)F)cc1. The number of aromatic nitrogens is 2. The van der Waals surface area contributed by atoms with Gasteiger partial charge in [0, 0.05) is 11.7 Å². The average molecular weight is 338 g/mol. The Balaban J connectivity index is 1.74. The van der Waals surface area contributed by atoms with Crippen LogP contribution in [0.5, 0.6) is 0 Å². The van der Waals surface area contributed by atoms with Gasteiger partial charge in [-0.1, -0.05) is 6.42 Å². The van der Waals surface area contributed by atoms with Gasteiger partial charge in [-0.05, 0) is 43.2 Å². The molecule has 24 heavy (non-hydrogen) atoms. The van der Waals surface area contributed by atoms with Crippen LogP contribution in [0, 0.1) is 5.92 Å². The van der Waals surface area contributed by atoms with Crippen LogP contribution in [0.3, 0.4) is 0 Å². The number of rotatable bonds is 3. The maximum atomic E-state index is 12.9. The van der Waals surface area contributed by atoms with Gasteiger partial charge >= 0.3 is 6.18 Å². The number of amides is 1. The Morgan fingerprint density at radius 3 is 2.50 bits per heavy atom. The van der Waals surface area contributed by atoms with Gasteiger partial charge in [0.1, 0.15) is 5.69 Å². The Kier molecular flexibility index (Phi) is 4.31. The summed E-state index contributed by atoms with van der Waals surface area (Å²) < 4.78 is 39.5. The monoisotopic (exact) mass is 338 g/mol. The maximum Gasteiger partial charge on any atom is 0.433 e. The summed E-state index contributed by atoms with van der Waals surface area (Å²) in [6, 6.07) is 6.84. The van der Waals surface area contributed by atoms with Gasteiger partial charge in [-0.15, -0.1) is 0 Å². The Morgan fingerprint density at radius 1 is 1.21 bits per heavy atom. The van der Waals surface area contributed by atoms with E-state index in [0.29, 0.717) is 5.69 Å². The lowest BCUT2D eigenvalue weighted by Gasteiger charge is -2.15. The molecule has 0 radical (unpaired) electrons. The average Bonchev–Trinajstić information content (AvgIpc) is 3.16. The van der Waals surface area contributed by atoms with Gasteiger partial charge in [-0.2, -0.15) is 18.3 Å². The quantitative estimate of drug-likeness (QED) is 0.904. The van der Waals surface area contributed by atoms with Crippen LogP contribution in [0.1, 0.15) is 25.0 Å². The molecule has 0 bridgehead atoms. The highest BCUT2D eigenvalue weighted by Gasteiger charge is 2.35. The van der Waals surface area contributed by atoms with Crippen molar-refractivity contribution in [2.75, 3.05) is 5.32 Å². The summed E-state index contributed by atoms with van der Waals surface area (Å²) in [5, 5.41) is 6.47. The van der Waals surface area contributed by atoms with Crippen molar-refractivity contribution in [3.8, 4) is 5.69 Å². The fourth-order valence-corrected chi connectivity index (χ4v) is 2.96. The number of alkyl halides is 3. The predicted octanol–water partition coefficient (Wildman–Crippen LogP) is 2.96. The van der Waals surface area contributed by atoms with Crippen molar-refractivity contribution < 1.29 is 18.0 Å². The number of hydrogen-bond acceptors (Lipinski definition) is 3. The molecule has 1 amide bonds. The van der Waals surface area contributed by atoms with Crippen LogP contribution < -0.4 is 11.1 Å². The van der Waals surface area contributed by atoms with Crippen LogP contribution in [0.2, 0.25) is 0 Å². The van der Waals surface area contributed by atoms with E-state index in [1.165, 1.54) is 12.1 Å². The second-order valence-corrected chi connectivity index (χ2v) is 5.86. The number of carbonyl (C=O) groups excluding carboxylic acids is 1. The second kappa shape index (κ2) is 6.27. The van der Waals surface area contributed by atoms with E-state index in [2.05, 4.69) is 10.4 Å². The van der Waals surface area contributed by atoms with Crippen molar-refractivity contribution in [3.63, 3.8) is 0 Å². The summed E-state index contributed by atoms with van der Waals surface area (Å²) >= 11 is 0. The standard InChI is InChI=1S/C16H17F3N4O/c17-16(18,19)14-8-9-21-23(14)11-6-4-10(5-7-11)22-15(24)12-2-1-3-13(12)20/h4-9,12-13H,1-3,20H2,(H,22,24). The highest BCUT2D eigenvalue weighted by molar-refractivity contribution is 5.93. The largest absolute Gasteiger partial charge is 0.433 e. The molecule has 2 aromatic rings. The molecule has 5 nitrogen and oxygen atoms in total. The lowest BCUT2D eigenvalue weighted by Crippen LogP contribution is -2.34. The summed E-state index contributed by atoms with van der Waals surface area (Å²) in [5.74, 6) is -0.365. The molecule has 2 atom stereocenters. The number of nitrogens with two attached hydrogens (primary N) is 1. The summed E-state index contributed by atoms with van der Waals surface area (Å²) in [7, 11) is 0. The predicted molar refractivity (Wildman–Crippen MR) is 82.5 cm³/mol. The van der Waals surface area contributed by atoms with Crippen LogP contribution in [0.15, 0.2) is 36.5 Å². The zero-order valence-corrected chi connectivity index (χ0v) is 12.8. The fourth-order valence-electron chi connectivity index (χ4n) is 2.96. The first-order valence-corrected chi connectivity index (χ1v) is 7.64. The van der Waals surface area contributed by atoms with Crippen molar-refractivity contribution in [2.45, 2.75) is 31.5 Å². The molecule has 3 rings (SSSR count). The molecular weight excluding hydrogens is 321 g/mol. The van der Waals surface area contributed by atoms with Gasteiger partial charge in [-0.3, -0.25) is 4.79 Å². The lowest BCUT2D eigenvalue weighted by molar-refractivity contribution is -0.142. The number of hydrogen-bond donors (Lipinski definition) is 2. The van der Waals surface area contributed by atoms with E-state index in [1.54, 1.807) is 12.1 Å². The minimum Gasteiger partial charge on any atom is -0.327 e. The van der Waals surface area contributed by atoms with E-state index < -0.39 is 11.9 Å². The van der Waals surface area contributed by atoms with Crippen LogP contribution in [0.25, 0.3) is 5.69 Å². The van der Waals surface area contributed by atoms with E-state index in [4.69, 9.17) is 5.73 Å². The molecule has 1 heterocycles. The zero-order chi connectivity index (χ0) is 17.3. The third-order valence-electron chi connectivity index (χ3n) is 4.22. The Bertz CT molecular complexity index is 724. The third-order valence-corrected chi connectivity index (χ3v) is 4.22. The van der Waals surface area contributed by atoms with Crippen LogP contribution in [-0.2, 0) is 11.0 Å². The zero-order valence-electron chi connectivity index (χ0n) is 12.8. The summed E-state index contributed by atoms with van der Waals surface area (Å²) in [4.78, 5) is 12.2. The molecule has 1 aromatic heterocycles. The van der Waals surface area contributed by atoms with E-state index in [9.17, 15) is 18.0 Å². The molecule has 1 fully saturated rings. The second-order valence-electron chi connectivity index (χ2n) is 5.86. The molecule has 2 unspecified atom stereocenters. The van der Waals surface area contributed by atoms with Crippen molar-refractivity contribution in [3.05, 3.63) is 42.2 Å². The van der Waals surface area contributed by atoms with Crippen molar-refractivity contribution in [1.82, 2.24) is 9.78 Å². The van der Waals surface area contributed by atoms with Crippen LogP contribution in [-0.4, -0.2) is 21.7 Å². The summed E-state index contributed by atoms with van der Waals surface area (Å²) in [6.45, 7) is 0. The number of benzene rings is 1. The molecule has 128 valence electrons. The molecule has 8 heteroatoms. The van der Waals surface area contributed by atoms with E-state index in [-0.39, 0.29) is 23.6 Å². The maximum absolute atomic E-state index is 12.9. The molecule has 0 saturated heterocycles. The smallest absolute Gasteiger partial charge is 0.327 e. The molecule has 3 N–H and O–H groups in total. The van der Waals surface area contributed by atoms with Crippen molar-refractivity contribution >= 4 is 11.6 Å². The number of carbonyl (C=O) groups is 1. The van der Waals surface area contributed by atoms with Crippen molar-refractivity contribution in [1.29, 1.82) is 0 Å².